The van der Waals surface area contributed by atoms with Gasteiger partial charge in [-0.3, -0.25) is 9.59 Å². The van der Waals surface area contributed by atoms with Crippen LogP contribution in [-0.2, 0) is 4.79 Å². The van der Waals surface area contributed by atoms with Crippen LogP contribution >= 0.6 is 22.9 Å². The molecule has 3 rings (SSSR count). The lowest BCUT2D eigenvalue weighted by molar-refractivity contribution is -0.118. The van der Waals surface area contributed by atoms with Crippen LogP contribution in [0.1, 0.15) is 25.8 Å². The van der Waals surface area contributed by atoms with Gasteiger partial charge in [-0.05, 0) is 30.7 Å². The molecule has 1 saturated heterocycles. The van der Waals surface area contributed by atoms with Crippen molar-refractivity contribution in [1.29, 1.82) is 0 Å². The van der Waals surface area contributed by atoms with Gasteiger partial charge in [0, 0.05) is 6.54 Å². The number of carboxylic acids is 1. The zero-order chi connectivity index (χ0) is 17.3. The molecule has 0 radical (unpaired) electrons. The van der Waals surface area contributed by atoms with Crippen LogP contribution in [0.15, 0.2) is 36.4 Å². The minimum absolute atomic E-state index is 0.0793. The van der Waals surface area contributed by atoms with E-state index in [1.165, 1.54) is 12.1 Å². The fraction of sp³-hybridized carbons (Fsp3) is 0.188. The molecule has 24 heavy (non-hydrogen) atoms. The first-order valence-electron chi connectivity index (χ1n) is 7.17. The van der Waals surface area contributed by atoms with Gasteiger partial charge in [0.15, 0.2) is 0 Å². The number of benzene rings is 1. The third kappa shape index (κ3) is 3.13. The van der Waals surface area contributed by atoms with Gasteiger partial charge < -0.3 is 15.3 Å². The Kier molecular flexibility index (Phi) is 4.55. The molecule has 1 unspecified atom stereocenters. The SMILES string of the molecule is O=C(O)c1ccc(C(=O)NC2CCN(c3ccccc3Cl)C2=O)s1. The third-order valence-corrected chi connectivity index (χ3v) is 5.09. The van der Waals surface area contributed by atoms with Crippen molar-refractivity contribution in [3.8, 4) is 0 Å². The summed E-state index contributed by atoms with van der Waals surface area (Å²) in [7, 11) is 0. The Morgan fingerprint density at radius 2 is 1.92 bits per heavy atom. The minimum atomic E-state index is -1.08. The fourth-order valence-electron chi connectivity index (χ4n) is 2.53. The second kappa shape index (κ2) is 6.62. The van der Waals surface area contributed by atoms with Crippen molar-refractivity contribution in [3.63, 3.8) is 0 Å². The molecule has 0 bridgehead atoms. The van der Waals surface area contributed by atoms with E-state index < -0.39 is 17.9 Å². The predicted octanol–water partition coefficient (Wildman–Crippen LogP) is 2.64. The molecule has 1 aromatic carbocycles. The molecule has 1 aromatic heterocycles. The van der Waals surface area contributed by atoms with Crippen molar-refractivity contribution in [2.75, 3.05) is 11.4 Å². The lowest BCUT2D eigenvalue weighted by Gasteiger charge is -2.18. The van der Waals surface area contributed by atoms with E-state index in [1.54, 1.807) is 29.2 Å². The number of aromatic carboxylic acids is 1. The second-order valence-corrected chi connectivity index (χ2v) is 6.72. The molecule has 2 N–H and O–H groups in total. The van der Waals surface area contributed by atoms with Gasteiger partial charge in [0.05, 0.1) is 15.6 Å². The molecule has 0 spiro atoms. The summed E-state index contributed by atoms with van der Waals surface area (Å²) < 4.78 is 0. The van der Waals surface area contributed by atoms with Crippen molar-refractivity contribution in [1.82, 2.24) is 5.32 Å². The topological polar surface area (TPSA) is 86.7 Å². The quantitative estimate of drug-likeness (QED) is 0.873. The Hall–Kier alpha value is -2.38. The summed E-state index contributed by atoms with van der Waals surface area (Å²) in [6.45, 7) is 0.457. The lowest BCUT2D eigenvalue weighted by atomic mass is 10.2. The highest BCUT2D eigenvalue weighted by Gasteiger charge is 2.34. The van der Waals surface area contributed by atoms with Crippen LogP contribution in [0.5, 0.6) is 0 Å². The molecule has 8 heteroatoms. The summed E-state index contributed by atoms with van der Waals surface area (Å²) >= 11 is 6.99. The number of carboxylic acid groups (broad SMARTS) is 1. The van der Waals surface area contributed by atoms with Crippen LogP contribution in [0, 0.1) is 0 Å². The summed E-state index contributed by atoms with van der Waals surface area (Å²) in [4.78, 5) is 37.5. The normalized spacial score (nSPS) is 17.1. The van der Waals surface area contributed by atoms with Gasteiger partial charge in [0.2, 0.25) is 5.91 Å². The molecular formula is C16H13ClN2O4S. The summed E-state index contributed by atoms with van der Waals surface area (Å²) in [5, 5.41) is 12.0. The number of para-hydroxylation sites is 1. The average Bonchev–Trinajstić information content (AvgIpc) is 3.17. The van der Waals surface area contributed by atoms with E-state index in [4.69, 9.17) is 16.7 Å². The van der Waals surface area contributed by atoms with E-state index in [0.29, 0.717) is 23.7 Å². The number of amides is 2. The maximum Gasteiger partial charge on any atom is 0.345 e. The Bertz CT molecular complexity index is 820. The molecule has 2 aromatic rings. The van der Waals surface area contributed by atoms with Crippen LogP contribution in [-0.4, -0.2) is 35.5 Å². The molecule has 6 nitrogen and oxygen atoms in total. The van der Waals surface area contributed by atoms with Crippen LogP contribution in [0.2, 0.25) is 5.02 Å². The van der Waals surface area contributed by atoms with Gasteiger partial charge in [-0.1, -0.05) is 23.7 Å². The van der Waals surface area contributed by atoms with Crippen molar-refractivity contribution >= 4 is 46.4 Å². The highest BCUT2D eigenvalue weighted by molar-refractivity contribution is 7.15. The monoisotopic (exact) mass is 364 g/mol. The molecule has 2 heterocycles. The van der Waals surface area contributed by atoms with Gasteiger partial charge in [-0.15, -0.1) is 11.3 Å². The number of nitrogens with one attached hydrogen (secondary N) is 1. The van der Waals surface area contributed by atoms with Gasteiger partial charge in [-0.2, -0.15) is 0 Å². The van der Waals surface area contributed by atoms with Crippen molar-refractivity contribution in [2.45, 2.75) is 12.5 Å². The Balaban J connectivity index is 1.70. The van der Waals surface area contributed by atoms with Crippen molar-refractivity contribution in [3.05, 3.63) is 51.2 Å². The Morgan fingerprint density at radius 3 is 2.58 bits per heavy atom. The number of hydrogen-bond acceptors (Lipinski definition) is 4. The molecule has 0 aliphatic carbocycles. The second-order valence-electron chi connectivity index (χ2n) is 5.23. The molecule has 1 atom stereocenters. The molecule has 1 fully saturated rings. The van der Waals surface area contributed by atoms with Crippen LogP contribution in [0.25, 0.3) is 0 Å². The number of anilines is 1. The molecule has 124 valence electrons. The summed E-state index contributed by atoms with van der Waals surface area (Å²) in [5.74, 6) is -1.76. The third-order valence-electron chi connectivity index (χ3n) is 3.69. The first-order chi connectivity index (χ1) is 11.5. The summed E-state index contributed by atoms with van der Waals surface area (Å²) in [6, 6.07) is 9.19. The number of carbonyl (C=O) groups is 3. The number of thiophene rings is 1. The molecule has 1 aliphatic rings. The van der Waals surface area contributed by atoms with Gasteiger partial charge in [-0.25, -0.2) is 4.79 Å². The van der Waals surface area contributed by atoms with Gasteiger partial charge in [0.1, 0.15) is 10.9 Å². The maximum atomic E-state index is 12.5. The summed E-state index contributed by atoms with van der Waals surface area (Å²) in [6.07, 6.45) is 0.465. The zero-order valence-corrected chi connectivity index (χ0v) is 13.9. The van der Waals surface area contributed by atoms with Crippen LogP contribution in [0.4, 0.5) is 5.69 Å². The Labute approximate surface area is 146 Å². The van der Waals surface area contributed by atoms with E-state index in [0.717, 1.165) is 11.3 Å². The molecule has 1 aliphatic heterocycles. The number of rotatable bonds is 4. The zero-order valence-electron chi connectivity index (χ0n) is 12.4. The average molecular weight is 365 g/mol. The minimum Gasteiger partial charge on any atom is -0.477 e. The first-order valence-corrected chi connectivity index (χ1v) is 8.36. The van der Waals surface area contributed by atoms with Gasteiger partial charge >= 0.3 is 5.97 Å². The maximum absolute atomic E-state index is 12.5. The van der Waals surface area contributed by atoms with E-state index in [1.807, 2.05) is 0 Å². The van der Waals surface area contributed by atoms with E-state index in [-0.39, 0.29) is 15.7 Å². The van der Waals surface area contributed by atoms with Crippen molar-refractivity contribution < 1.29 is 19.5 Å². The van der Waals surface area contributed by atoms with E-state index in [9.17, 15) is 14.4 Å². The smallest absolute Gasteiger partial charge is 0.345 e. The lowest BCUT2D eigenvalue weighted by Crippen LogP contribution is -2.41. The Morgan fingerprint density at radius 1 is 1.21 bits per heavy atom. The fourth-order valence-corrected chi connectivity index (χ4v) is 3.51. The standard InChI is InChI=1S/C16H13ClN2O4S/c17-9-3-1-2-4-11(9)19-8-7-10(15(19)21)18-14(20)12-5-6-13(24-12)16(22)23/h1-6,10H,7-8H2,(H,18,20)(H,22,23). The predicted molar refractivity (Wildman–Crippen MR) is 91.0 cm³/mol. The number of hydrogen-bond donors (Lipinski definition) is 2. The summed E-state index contributed by atoms with van der Waals surface area (Å²) in [5.41, 5.74) is 0.616. The highest BCUT2D eigenvalue weighted by atomic mass is 35.5. The molecule has 0 saturated carbocycles. The number of halogens is 1. The number of nitrogens with zero attached hydrogens (tertiary/aromatic N) is 1. The van der Waals surface area contributed by atoms with Crippen LogP contribution in [0.3, 0.4) is 0 Å². The first kappa shape index (κ1) is 16.5. The van der Waals surface area contributed by atoms with Crippen LogP contribution < -0.4 is 10.2 Å². The van der Waals surface area contributed by atoms with E-state index in [2.05, 4.69) is 5.32 Å². The number of carbonyl (C=O) groups excluding carboxylic acids is 2. The van der Waals surface area contributed by atoms with Gasteiger partial charge in [0.25, 0.3) is 5.91 Å². The highest BCUT2D eigenvalue weighted by Crippen LogP contribution is 2.29. The van der Waals surface area contributed by atoms with E-state index >= 15 is 0 Å². The molecular weight excluding hydrogens is 352 g/mol. The largest absolute Gasteiger partial charge is 0.477 e. The van der Waals surface area contributed by atoms with Crippen molar-refractivity contribution in [2.24, 2.45) is 0 Å². The molecule has 2 amide bonds.